The summed E-state index contributed by atoms with van der Waals surface area (Å²) in [6.07, 6.45) is 5.35. The highest BCUT2D eigenvalue weighted by molar-refractivity contribution is 6.00. The van der Waals surface area contributed by atoms with Crippen molar-refractivity contribution in [2.75, 3.05) is 26.3 Å². The second kappa shape index (κ2) is 9.85. The number of ether oxygens (including phenoxy) is 2. The summed E-state index contributed by atoms with van der Waals surface area (Å²) >= 11 is 0. The molecule has 186 valence electrons. The minimum Gasteiger partial charge on any atom is -0.486 e. The van der Waals surface area contributed by atoms with Crippen LogP contribution in [0.25, 0.3) is 0 Å². The molecule has 0 radical (unpaired) electrons. The first kappa shape index (κ1) is 23.6. The van der Waals surface area contributed by atoms with E-state index in [0.29, 0.717) is 44.9 Å². The van der Waals surface area contributed by atoms with E-state index in [1.807, 2.05) is 29.2 Å². The van der Waals surface area contributed by atoms with Gasteiger partial charge in [-0.1, -0.05) is 26.0 Å². The maximum absolute atomic E-state index is 13.6. The number of benzene rings is 1. The topological polar surface area (TPSA) is 84.0 Å². The van der Waals surface area contributed by atoms with Gasteiger partial charge in [0, 0.05) is 38.6 Å². The number of piperidine rings is 1. The predicted octanol–water partition coefficient (Wildman–Crippen LogP) is 2.76. The quantitative estimate of drug-likeness (QED) is 0.688. The monoisotopic (exact) mass is 478 g/mol. The number of carbonyl (C=O) groups excluding carboxylic acids is 2. The summed E-state index contributed by atoms with van der Waals surface area (Å²) in [7, 11) is 0. The van der Waals surface area contributed by atoms with Gasteiger partial charge < -0.3 is 19.7 Å². The van der Waals surface area contributed by atoms with E-state index in [9.17, 15) is 9.59 Å². The number of nitrogens with one attached hydrogen (secondary N) is 1. The van der Waals surface area contributed by atoms with Crippen molar-refractivity contribution in [1.29, 1.82) is 0 Å². The van der Waals surface area contributed by atoms with Gasteiger partial charge in [-0.3, -0.25) is 19.5 Å². The van der Waals surface area contributed by atoms with Crippen LogP contribution in [0.15, 0.2) is 42.7 Å². The summed E-state index contributed by atoms with van der Waals surface area (Å²) in [5.41, 5.74) is 1.26. The van der Waals surface area contributed by atoms with E-state index in [0.717, 1.165) is 42.3 Å². The number of rotatable bonds is 6. The fourth-order valence-corrected chi connectivity index (χ4v) is 5.43. The zero-order valence-electron chi connectivity index (χ0n) is 20.5. The molecule has 1 atom stereocenters. The molecule has 8 heteroatoms. The molecule has 5 rings (SSSR count). The number of piperazine rings is 1. The third-order valence-electron chi connectivity index (χ3n) is 7.28. The molecule has 1 aromatic carbocycles. The van der Waals surface area contributed by atoms with Crippen molar-refractivity contribution < 1.29 is 19.1 Å². The number of nitrogens with zero attached hydrogens (tertiary/aromatic N) is 3. The van der Waals surface area contributed by atoms with Crippen LogP contribution in [-0.2, 0) is 22.7 Å². The normalized spacial score (nSPS) is 21.9. The Kier molecular flexibility index (Phi) is 6.65. The first-order chi connectivity index (χ1) is 16.9. The molecule has 1 unspecified atom stereocenters. The number of aromatic nitrogens is 1. The van der Waals surface area contributed by atoms with Crippen LogP contribution in [0.5, 0.6) is 11.5 Å². The smallest absolute Gasteiger partial charge is 0.246 e. The number of hydrogen-bond acceptors (Lipinski definition) is 6. The highest BCUT2D eigenvalue weighted by Gasteiger charge is 2.53. The molecule has 1 spiro atoms. The predicted molar refractivity (Wildman–Crippen MR) is 131 cm³/mol. The van der Waals surface area contributed by atoms with Crippen LogP contribution >= 0.6 is 0 Å². The SMILES string of the molecule is CC(C)CC1NC(=O)C2(CCN(Cc3ccc4c(c3)OCCO4)CC2)N(Cc2cccnc2)C1=O. The van der Waals surface area contributed by atoms with Crippen molar-refractivity contribution in [3.8, 4) is 11.5 Å². The second-order valence-corrected chi connectivity index (χ2v) is 10.2. The standard InChI is InChI=1S/C27H34N4O4/c1-19(2)14-22-25(32)31(18-21-4-3-9-28-16-21)27(26(33)29-22)7-10-30(11-8-27)17-20-5-6-23-24(15-20)35-13-12-34-23/h3-6,9,15-16,19,22H,7-8,10-14,17-18H2,1-2H3,(H,29,33). The minimum absolute atomic E-state index is 0.0161. The fourth-order valence-electron chi connectivity index (χ4n) is 5.43. The van der Waals surface area contributed by atoms with Crippen molar-refractivity contribution in [2.45, 2.75) is 57.8 Å². The Labute approximate surface area is 206 Å². The highest BCUT2D eigenvalue weighted by atomic mass is 16.6. The molecule has 2 amide bonds. The number of carbonyl (C=O) groups is 2. The first-order valence-corrected chi connectivity index (χ1v) is 12.6. The molecule has 35 heavy (non-hydrogen) atoms. The van der Waals surface area contributed by atoms with Crippen LogP contribution in [0, 0.1) is 5.92 Å². The van der Waals surface area contributed by atoms with Gasteiger partial charge in [0.2, 0.25) is 11.8 Å². The molecule has 0 aliphatic carbocycles. The summed E-state index contributed by atoms with van der Waals surface area (Å²) in [6.45, 7) is 7.92. The van der Waals surface area contributed by atoms with Crippen molar-refractivity contribution in [3.63, 3.8) is 0 Å². The first-order valence-electron chi connectivity index (χ1n) is 12.6. The van der Waals surface area contributed by atoms with Gasteiger partial charge in [0.15, 0.2) is 11.5 Å². The number of likely N-dealkylation sites (tertiary alicyclic amines) is 1. The molecular weight excluding hydrogens is 444 g/mol. The van der Waals surface area contributed by atoms with Crippen molar-refractivity contribution in [3.05, 3.63) is 53.9 Å². The van der Waals surface area contributed by atoms with E-state index < -0.39 is 11.6 Å². The van der Waals surface area contributed by atoms with Gasteiger partial charge in [0.1, 0.15) is 24.8 Å². The summed E-state index contributed by atoms with van der Waals surface area (Å²) in [5, 5.41) is 3.08. The largest absolute Gasteiger partial charge is 0.486 e. The third-order valence-corrected chi connectivity index (χ3v) is 7.28. The second-order valence-electron chi connectivity index (χ2n) is 10.2. The van der Waals surface area contributed by atoms with Crippen LogP contribution in [0.4, 0.5) is 0 Å². The van der Waals surface area contributed by atoms with Crippen LogP contribution in [0.1, 0.15) is 44.2 Å². The summed E-state index contributed by atoms with van der Waals surface area (Å²) in [6, 6.07) is 9.45. The van der Waals surface area contributed by atoms with E-state index in [2.05, 4.69) is 35.1 Å². The maximum Gasteiger partial charge on any atom is 0.246 e. The van der Waals surface area contributed by atoms with Crippen molar-refractivity contribution >= 4 is 11.8 Å². The molecule has 2 fully saturated rings. The molecule has 0 bridgehead atoms. The van der Waals surface area contributed by atoms with Crippen LogP contribution < -0.4 is 14.8 Å². The van der Waals surface area contributed by atoms with Crippen LogP contribution in [-0.4, -0.2) is 64.5 Å². The number of fused-ring (bicyclic) bond motifs is 1. The highest BCUT2D eigenvalue weighted by Crippen LogP contribution is 2.36. The Balaban J connectivity index is 1.33. The Morgan fingerprint density at radius 2 is 1.83 bits per heavy atom. The van der Waals surface area contributed by atoms with Gasteiger partial charge in [-0.2, -0.15) is 0 Å². The Hall–Kier alpha value is -3.13. The number of hydrogen-bond donors (Lipinski definition) is 1. The van der Waals surface area contributed by atoms with Gasteiger partial charge in [-0.05, 0) is 54.5 Å². The van der Waals surface area contributed by atoms with E-state index in [1.165, 1.54) is 0 Å². The van der Waals surface area contributed by atoms with Crippen LogP contribution in [0.3, 0.4) is 0 Å². The average molecular weight is 479 g/mol. The number of pyridine rings is 1. The van der Waals surface area contributed by atoms with E-state index in [1.54, 1.807) is 12.4 Å². The molecule has 0 saturated carbocycles. The van der Waals surface area contributed by atoms with Crippen molar-refractivity contribution in [1.82, 2.24) is 20.1 Å². The van der Waals surface area contributed by atoms with Gasteiger partial charge >= 0.3 is 0 Å². The Morgan fingerprint density at radius 3 is 2.54 bits per heavy atom. The van der Waals surface area contributed by atoms with Gasteiger partial charge in [-0.15, -0.1) is 0 Å². The lowest BCUT2D eigenvalue weighted by atomic mass is 9.80. The lowest BCUT2D eigenvalue weighted by Crippen LogP contribution is -2.72. The molecule has 4 heterocycles. The van der Waals surface area contributed by atoms with E-state index in [4.69, 9.17) is 9.47 Å². The summed E-state index contributed by atoms with van der Waals surface area (Å²) in [5.74, 6) is 1.88. The summed E-state index contributed by atoms with van der Waals surface area (Å²) < 4.78 is 11.4. The fraction of sp³-hybridized carbons (Fsp3) is 0.519. The van der Waals surface area contributed by atoms with Crippen molar-refractivity contribution in [2.24, 2.45) is 5.92 Å². The molecule has 1 aromatic heterocycles. The zero-order chi connectivity index (χ0) is 24.4. The Bertz CT molecular complexity index is 1070. The maximum atomic E-state index is 13.6. The summed E-state index contributed by atoms with van der Waals surface area (Å²) in [4.78, 5) is 35.6. The van der Waals surface area contributed by atoms with Gasteiger partial charge in [0.05, 0.1) is 0 Å². The third kappa shape index (κ3) is 4.85. The molecule has 3 aliphatic rings. The lowest BCUT2D eigenvalue weighted by Gasteiger charge is -2.52. The van der Waals surface area contributed by atoms with Gasteiger partial charge in [0.25, 0.3) is 0 Å². The van der Waals surface area contributed by atoms with Gasteiger partial charge in [-0.25, -0.2) is 0 Å². The van der Waals surface area contributed by atoms with E-state index >= 15 is 0 Å². The van der Waals surface area contributed by atoms with Crippen LogP contribution in [0.2, 0.25) is 0 Å². The molecule has 3 aliphatic heterocycles. The minimum atomic E-state index is -0.830. The molecule has 1 N–H and O–H groups in total. The molecular formula is C27H34N4O4. The molecule has 2 saturated heterocycles. The average Bonchev–Trinajstić information content (AvgIpc) is 2.87. The number of amides is 2. The zero-order valence-corrected chi connectivity index (χ0v) is 20.5. The molecule has 2 aromatic rings. The molecule has 8 nitrogen and oxygen atoms in total. The Morgan fingerprint density at radius 1 is 1.06 bits per heavy atom. The van der Waals surface area contributed by atoms with E-state index in [-0.39, 0.29) is 11.8 Å². The lowest BCUT2D eigenvalue weighted by molar-refractivity contribution is -0.162.